The Morgan fingerprint density at radius 3 is 2.56 bits per heavy atom. The fourth-order valence-electron chi connectivity index (χ4n) is 4.68. The smallest absolute Gasteiger partial charge is 0.408 e. The van der Waals surface area contributed by atoms with Crippen molar-refractivity contribution in [2.75, 3.05) is 11.9 Å². The molecule has 1 aromatic carbocycles. The summed E-state index contributed by atoms with van der Waals surface area (Å²) in [6.07, 6.45) is -1.16. The number of hydrogen-bond acceptors (Lipinski definition) is 9. The highest BCUT2D eigenvalue weighted by atomic mass is 16.6. The summed E-state index contributed by atoms with van der Waals surface area (Å²) < 4.78 is 24.7. The molecule has 13 heteroatoms. The van der Waals surface area contributed by atoms with E-state index in [-0.39, 0.29) is 31.0 Å². The van der Waals surface area contributed by atoms with Crippen LogP contribution in [0.2, 0.25) is 0 Å². The van der Waals surface area contributed by atoms with E-state index in [1.54, 1.807) is 27.7 Å². The third-order valence-corrected chi connectivity index (χ3v) is 6.55. The van der Waals surface area contributed by atoms with Crippen molar-refractivity contribution in [3.8, 4) is 0 Å². The van der Waals surface area contributed by atoms with Crippen LogP contribution >= 0.6 is 0 Å². The molecule has 1 aromatic heterocycles. The lowest BCUT2D eigenvalue weighted by molar-refractivity contribution is -0.129. The molecule has 2 fully saturated rings. The third-order valence-electron chi connectivity index (χ3n) is 6.55. The van der Waals surface area contributed by atoms with Crippen LogP contribution in [-0.4, -0.2) is 70.1 Å². The summed E-state index contributed by atoms with van der Waals surface area (Å²) in [7, 11) is 0. The van der Waals surface area contributed by atoms with E-state index in [1.165, 1.54) is 23.8 Å². The Bertz CT molecular complexity index is 1290. The molecular weight excluding hydrogens is 534 g/mol. The molecule has 2 saturated heterocycles. The first-order valence-electron chi connectivity index (χ1n) is 13.5. The molecule has 3 heterocycles. The highest BCUT2D eigenvalue weighted by Gasteiger charge is 2.48. The number of amides is 3. The summed E-state index contributed by atoms with van der Waals surface area (Å²) in [5, 5.41) is 8.04. The van der Waals surface area contributed by atoms with Gasteiger partial charge in [-0.1, -0.05) is 30.3 Å². The zero-order valence-electron chi connectivity index (χ0n) is 23.8. The van der Waals surface area contributed by atoms with Crippen molar-refractivity contribution in [2.24, 2.45) is 0 Å². The summed E-state index contributed by atoms with van der Waals surface area (Å²) in [5.41, 5.74) is -0.429. The Morgan fingerprint density at radius 2 is 1.90 bits per heavy atom. The number of ether oxygens (including phenoxy) is 4. The number of alkyl carbamates (subject to hydrolysis) is 1. The summed E-state index contributed by atoms with van der Waals surface area (Å²) in [6, 6.07) is 9.38. The maximum Gasteiger partial charge on any atom is 0.408 e. The molecule has 2 aliphatic rings. The standard InChI is InChI=1S/C28H37N5O8/c1-16(38-14-18-9-7-6-8-10-18)23(32-27(37)41-28(3,4)5)25(35)30-19-15-39-20-13-22(40-24(19)20)33-12-11-21(29-17(2)34)31-26(33)36/h6-12,16,19-20,22-24H,13-15H2,1-5H3,(H,30,35)(H,32,37)(H,29,31,34,36). The molecule has 3 N–H and O–H groups in total. The van der Waals surface area contributed by atoms with Crippen molar-refractivity contribution in [1.29, 1.82) is 0 Å². The molecule has 222 valence electrons. The van der Waals surface area contributed by atoms with Gasteiger partial charge in [0.25, 0.3) is 0 Å². The number of rotatable bonds is 9. The largest absolute Gasteiger partial charge is 0.444 e. The van der Waals surface area contributed by atoms with Crippen molar-refractivity contribution in [1.82, 2.24) is 20.2 Å². The molecule has 0 spiro atoms. The maximum atomic E-state index is 13.5. The zero-order valence-corrected chi connectivity index (χ0v) is 23.8. The topological polar surface area (TPSA) is 159 Å². The molecule has 6 atom stereocenters. The molecule has 6 unspecified atom stereocenters. The molecule has 41 heavy (non-hydrogen) atoms. The fraction of sp³-hybridized carbons (Fsp3) is 0.536. The normalized spacial score (nSPS) is 23.2. The predicted octanol–water partition coefficient (Wildman–Crippen LogP) is 1.87. The van der Waals surface area contributed by atoms with Crippen molar-refractivity contribution >= 4 is 23.7 Å². The van der Waals surface area contributed by atoms with Crippen LogP contribution in [0.15, 0.2) is 47.4 Å². The maximum absolute atomic E-state index is 13.5. The van der Waals surface area contributed by atoms with Gasteiger partial charge in [0.15, 0.2) is 0 Å². The molecule has 3 amide bonds. The minimum Gasteiger partial charge on any atom is -0.444 e. The van der Waals surface area contributed by atoms with Crippen molar-refractivity contribution in [3.63, 3.8) is 0 Å². The molecule has 2 aromatic rings. The average Bonchev–Trinajstić information content (AvgIpc) is 3.47. The minimum atomic E-state index is -1.07. The van der Waals surface area contributed by atoms with Gasteiger partial charge >= 0.3 is 11.8 Å². The van der Waals surface area contributed by atoms with E-state index < -0.39 is 53.8 Å². The van der Waals surface area contributed by atoms with Crippen molar-refractivity contribution in [3.05, 3.63) is 58.6 Å². The van der Waals surface area contributed by atoms with Gasteiger partial charge in [0, 0.05) is 19.5 Å². The molecule has 0 radical (unpaired) electrons. The Balaban J connectivity index is 1.42. The van der Waals surface area contributed by atoms with E-state index in [9.17, 15) is 19.2 Å². The molecule has 0 saturated carbocycles. The number of anilines is 1. The monoisotopic (exact) mass is 571 g/mol. The Hall–Kier alpha value is -3.81. The summed E-state index contributed by atoms with van der Waals surface area (Å²) in [5.74, 6) is -0.686. The number of carbonyl (C=O) groups excluding carboxylic acids is 3. The molecular formula is C28H37N5O8. The first-order chi connectivity index (χ1) is 19.4. The van der Waals surface area contributed by atoms with Crippen LogP contribution in [0, 0.1) is 0 Å². The summed E-state index contributed by atoms with van der Waals surface area (Å²) in [4.78, 5) is 53.8. The van der Waals surface area contributed by atoms with Gasteiger partial charge < -0.3 is 34.9 Å². The zero-order chi connectivity index (χ0) is 29.7. The van der Waals surface area contributed by atoms with Gasteiger partial charge in [0.1, 0.15) is 29.8 Å². The van der Waals surface area contributed by atoms with E-state index in [0.717, 1.165) is 5.56 Å². The molecule has 4 rings (SSSR count). The van der Waals surface area contributed by atoms with Crippen LogP contribution < -0.4 is 21.6 Å². The van der Waals surface area contributed by atoms with Gasteiger partial charge in [0.2, 0.25) is 11.8 Å². The van der Waals surface area contributed by atoms with Gasteiger partial charge in [-0.25, -0.2) is 9.59 Å². The second-order valence-corrected chi connectivity index (χ2v) is 11.1. The van der Waals surface area contributed by atoms with Gasteiger partial charge in [-0.2, -0.15) is 4.98 Å². The average molecular weight is 572 g/mol. The number of nitrogens with zero attached hydrogens (tertiary/aromatic N) is 2. The number of aromatic nitrogens is 2. The summed E-state index contributed by atoms with van der Waals surface area (Å²) >= 11 is 0. The highest BCUT2D eigenvalue weighted by Crippen LogP contribution is 2.35. The molecule has 0 bridgehead atoms. The van der Waals surface area contributed by atoms with E-state index in [2.05, 4.69) is 20.9 Å². The van der Waals surface area contributed by atoms with Gasteiger partial charge in [0.05, 0.1) is 31.5 Å². The lowest BCUT2D eigenvalue weighted by Gasteiger charge is -2.28. The predicted molar refractivity (Wildman–Crippen MR) is 147 cm³/mol. The highest BCUT2D eigenvalue weighted by molar-refractivity contribution is 5.87. The van der Waals surface area contributed by atoms with Crippen molar-refractivity contribution in [2.45, 2.75) is 89.9 Å². The second-order valence-electron chi connectivity index (χ2n) is 11.1. The van der Waals surface area contributed by atoms with Crippen LogP contribution in [0.5, 0.6) is 0 Å². The second kappa shape index (κ2) is 12.8. The summed E-state index contributed by atoms with van der Waals surface area (Å²) in [6.45, 7) is 8.65. The van der Waals surface area contributed by atoms with Crippen LogP contribution in [0.4, 0.5) is 10.6 Å². The lowest BCUT2D eigenvalue weighted by atomic mass is 10.1. The number of hydrogen-bond donors (Lipinski definition) is 3. The first-order valence-corrected chi connectivity index (χ1v) is 13.5. The quantitative estimate of drug-likeness (QED) is 0.408. The lowest BCUT2D eigenvalue weighted by Crippen LogP contribution is -2.57. The van der Waals surface area contributed by atoms with E-state index in [1.807, 2.05) is 30.3 Å². The molecule has 2 aliphatic heterocycles. The van der Waals surface area contributed by atoms with Gasteiger partial charge in [-0.05, 0) is 39.3 Å². The number of nitrogens with one attached hydrogen (secondary N) is 3. The molecule has 0 aliphatic carbocycles. The number of carbonyl (C=O) groups is 3. The number of fused-ring (bicyclic) bond motifs is 1. The Morgan fingerprint density at radius 1 is 1.17 bits per heavy atom. The van der Waals surface area contributed by atoms with E-state index in [4.69, 9.17) is 18.9 Å². The van der Waals surface area contributed by atoms with Crippen LogP contribution in [-0.2, 0) is 35.1 Å². The third kappa shape index (κ3) is 8.12. The number of benzene rings is 1. The minimum absolute atomic E-state index is 0.144. The SMILES string of the molecule is CC(=O)Nc1ccn(C2CC3OCC(NC(=O)C(NC(=O)OC(C)(C)C)C(C)OCc4ccccc4)C3O2)c(=O)n1. The van der Waals surface area contributed by atoms with E-state index >= 15 is 0 Å². The van der Waals surface area contributed by atoms with E-state index in [0.29, 0.717) is 6.42 Å². The van der Waals surface area contributed by atoms with Gasteiger partial charge in [-0.3, -0.25) is 14.2 Å². The first kappa shape index (κ1) is 30.2. The Labute approximate surface area is 237 Å². The van der Waals surface area contributed by atoms with Crippen molar-refractivity contribution < 1.29 is 33.3 Å². The Kier molecular flexibility index (Phi) is 9.41. The van der Waals surface area contributed by atoms with Crippen LogP contribution in [0.25, 0.3) is 0 Å². The van der Waals surface area contributed by atoms with Crippen LogP contribution in [0.3, 0.4) is 0 Å². The fourth-order valence-corrected chi connectivity index (χ4v) is 4.68. The van der Waals surface area contributed by atoms with Gasteiger partial charge in [-0.15, -0.1) is 0 Å². The van der Waals surface area contributed by atoms with Crippen LogP contribution in [0.1, 0.15) is 52.8 Å². The molecule has 13 nitrogen and oxygen atoms in total.